The van der Waals surface area contributed by atoms with Crippen LogP contribution in [0.2, 0.25) is 0 Å². The molecule has 12 aromatic rings. The highest BCUT2D eigenvalue weighted by Gasteiger charge is 2.46. The fourth-order valence-electron chi connectivity index (χ4n) is 10.8. The quantitative estimate of drug-likeness (QED) is 0.155. The molecular formula is C61H40N2S. The van der Waals surface area contributed by atoms with E-state index in [2.05, 4.69) is 252 Å². The Hall–Kier alpha value is -7.98. The van der Waals surface area contributed by atoms with Gasteiger partial charge in [0, 0.05) is 47.9 Å². The average Bonchev–Trinajstić information content (AvgIpc) is 4.01. The van der Waals surface area contributed by atoms with Gasteiger partial charge < -0.3 is 9.47 Å². The highest BCUT2D eigenvalue weighted by Crippen LogP contribution is 2.58. The summed E-state index contributed by atoms with van der Waals surface area (Å²) in [5.41, 5.74) is 16.2. The maximum atomic E-state index is 2.53. The molecule has 64 heavy (non-hydrogen) atoms. The molecule has 10 aromatic carbocycles. The third-order valence-electron chi connectivity index (χ3n) is 13.5. The molecule has 0 aliphatic heterocycles. The zero-order chi connectivity index (χ0) is 42.2. The number of hydrogen-bond acceptors (Lipinski definition) is 2. The van der Waals surface area contributed by atoms with Crippen LogP contribution in [0.3, 0.4) is 0 Å². The van der Waals surface area contributed by atoms with Crippen LogP contribution in [0.15, 0.2) is 243 Å². The van der Waals surface area contributed by atoms with Crippen molar-refractivity contribution in [2.24, 2.45) is 0 Å². The first kappa shape index (κ1) is 36.7. The van der Waals surface area contributed by atoms with E-state index in [0.29, 0.717) is 0 Å². The number of anilines is 3. The molecule has 0 fully saturated rings. The summed E-state index contributed by atoms with van der Waals surface area (Å²) >= 11 is 1.86. The lowest BCUT2D eigenvalue weighted by Crippen LogP contribution is -2.28. The van der Waals surface area contributed by atoms with Gasteiger partial charge in [-0.2, -0.15) is 0 Å². The number of para-hydroxylation sites is 2. The molecule has 0 saturated heterocycles. The lowest BCUT2D eigenvalue weighted by molar-refractivity contribution is 0.768. The minimum Gasteiger partial charge on any atom is -0.309 e. The second kappa shape index (κ2) is 14.6. The molecule has 0 saturated carbocycles. The van der Waals surface area contributed by atoms with Crippen molar-refractivity contribution in [3.05, 3.63) is 265 Å². The SMILES string of the molecule is c1ccc(-c2ccccc2N(c2ccc3c(c2)C(c2ccccc2)(c2ccccc2)c2ccccc2-3)c2cccc3c2c2ccccc2n3-c2ccc3sc4ccccc4c3c2)cc1. The Morgan fingerprint density at radius 1 is 0.375 bits per heavy atom. The second-order valence-electron chi connectivity index (χ2n) is 16.8. The number of rotatable bonds is 7. The predicted octanol–water partition coefficient (Wildman–Crippen LogP) is 16.7. The summed E-state index contributed by atoms with van der Waals surface area (Å²) in [6, 6.07) is 89.7. The summed E-state index contributed by atoms with van der Waals surface area (Å²) in [5.74, 6) is 0. The molecule has 2 nitrogen and oxygen atoms in total. The van der Waals surface area contributed by atoms with Gasteiger partial charge in [0.15, 0.2) is 0 Å². The zero-order valence-electron chi connectivity index (χ0n) is 34.9. The van der Waals surface area contributed by atoms with Gasteiger partial charge in [0.1, 0.15) is 0 Å². The summed E-state index contributed by atoms with van der Waals surface area (Å²) in [6.45, 7) is 0. The number of fused-ring (bicyclic) bond motifs is 9. The van der Waals surface area contributed by atoms with Crippen molar-refractivity contribution in [2.75, 3.05) is 4.90 Å². The largest absolute Gasteiger partial charge is 0.309 e. The van der Waals surface area contributed by atoms with Gasteiger partial charge in [-0.3, -0.25) is 0 Å². The minimum atomic E-state index is -0.540. The minimum absolute atomic E-state index is 0.540. The van der Waals surface area contributed by atoms with Gasteiger partial charge in [-0.15, -0.1) is 11.3 Å². The van der Waals surface area contributed by atoms with E-state index in [1.807, 2.05) is 11.3 Å². The van der Waals surface area contributed by atoms with Crippen LogP contribution in [-0.4, -0.2) is 4.57 Å². The van der Waals surface area contributed by atoms with Gasteiger partial charge in [-0.25, -0.2) is 0 Å². The molecule has 1 aliphatic rings. The fraction of sp³-hybridized carbons (Fsp3) is 0.0164. The number of thiophene rings is 1. The molecule has 0 spiro atoms. The van der Waals surface area contributed by atoms with Gasteiger partial charge >= 0.3 is 0 Å². The first-order chi connectivity index (χ1) is 31.8. The standard InChI is InChI=1S/C61H40N2S/c1-4-19-41(20-5-1)46-25-11-15-30-54(46)63(45-35-37-48-47-26-10-14-29-52(47)61(53(48)40-45,42-21-6-2-7-22-42)43-23-8-3-9-24-43)57-33-18-32-56-60(57)50-28-12-16-31-55(50)62(56)44-36-38-59-51(39-44)49-27-13-17-34-58(49)64-59/h1-40H. The van der Waals surface area contributed by atoms with Crippen LogP contribution in [0.5, 0.6) is 0 Å². The first-order valence-electron chi connectivity index (χ1n) is 22.0. The topological polar surface area (TPSA) is 8.17 Å². The Kier molecular flexibility index (Phi) is 8.34. The highest BCUT2D eigenvalue weighted by atomic mass is 32.1. The summed E-state index contributed by atoms with van der Waals surface area (Å²) in [4.78, 5) is 2.53. The van der Waals surface area contributed by atoms with Crippen LogP contribution in [0.4, 0.5) is 17.1 Å². The number of hydrogen-bond donors (Lipinski definition) is 0. The third-order valence-corrected chi connectivity index (χ3v) is 14.6. The monoisotopic (exact) mass is 832 g/mol. The van der Waals surface area contributed by atoms with Crippen LogP contribution in [0.1, 0.15) is 22.3 Å². The molecule has 2 heterocycles. The molecule has 0 bridgehead atoms. The number of aromatic nitrogens is 1. The Bertz CT molecular complexity index is 3690. The van der Waals surface area contributed by atoms with Crippen molar-refractivity contribution < 1.29 is 0 Å². The van der Waals surface area contributed by atoms with Crippen LogP contribution in [0.25, 0.3) is 69.9 Å². The van der Waals surface area contributed by atoms with Crippen LogP contribution < -0.4 is 4.90 Å². The summed E-state index contributed by atoms with van der Waals surface area (Å²) in [7, 11) is 0. The average molecular weight is 833 g/mol. The van der Waals surface area contributed by atoms with Crippen molar-refractivity contribution >= 4 is 70.4 Å². The van der Waals surface area contributed by atoms with E-state index in [0.717, 1.165) is 28.3 Å². The second-order valence-corrected chi connectivity index (χ2v) is 17.9. The Labute approximate surface area is 376 Å². The highest BCUT2D eigenvalue weighted by molar-refractivity contribution is 7.25. The Morgan fingerprint density at radius 3 is 1.77 bits per heavy atom. The van der Waals surface area contributed by atoms with E-state index >= 15 is 0 Å². The molecule has 300 valence electrons. The molecule has 0 amide bonds. The predicted molar refractivity (Wildman–Crippen MR) is 271 cm³/mol. The Morgan fingerprint density at radius 2 is 0.969 bits per heavy atom. The summed E-state index contributed by atoms with van der Waals surface area (Å²) < 4.78 is 5.08. The van der Waals surface area contributed by atoms with E-state index in [9.17, 15) is 0 Å². The van der Waals surface area contributed by atoms with Crippen molar-refractivity contribution in [3.8, 4) is 27.9 Å². The van der Waals surface area contributed by atoms with Gasteiger partial charge in [0.25, 0.3) is 0 Å². The van der Waals surface area contributed by atoms with Gasteiger partial charge in [0.2, 0.25) is 0 Å². The van der Waals surface area contributed by atoms with E-state index in [-0.39, 0.29) is 0 Å². The lowest BCUT2D eigenvalue weighted by Gasteiger charge is -2.35. The summed E-state index contributed by atoms with van der Waals surface area (Å²) in [5, 5.41) is 5.01. The van der Waals surface area contributed by atoms with Crippen LogP contribution >= 0.6 is 11.3 Å². The number of benzene rings is 10. The van der Waals surface area contributed by atoms with Crippen molar-refractivity contribution in [1.82, 2.24) is 4.57 Å². The van der Waals surface area contributed by atoms with E-state index in [1.54, 1.807) is 0 Å². The fourth-order valence-corrected chi connectivity index (χ4v) is 11.9. The maximum Gasteiger partial charge on any atom is 0.0714 e. The van der Waals surface area contributed by atoms with Crippen molar-refractivity contribution in [3.63, 3.8) is 0 Å². The van der Waals surface area contributed by atoms with Crippen LogP contribution in [0, 0.1) is 0 Å². The van der Waals surface area contributed by atoms with Gasteiger partial charge in [0.05, 0.1) is 27.8 Å². The van der Waals surface area contributed by atoms with Crippen molar-refractivity contribution in [2.45, 2.75) is 5.41 Å². The van der Waals surface area contributed by atoms with E-state index in [4.69, 9.17) is 0 Å². The van der Waals surface area contributed by atoms with E-state index in [1.165, 1.54) is 81.0 Å². The molecule has 13 rings (SSSR count). The molecule has 3 heteroatoms. The number of nitrogens with zero attached hydrogens (tertiary/aromatic N) is 2. The zero-order valence-corrected chi connectivity index (χ0v) is 35.7. The Balaban J connectivity index is 1.12. The molecule has 0 N–H and O–H groups in total. The first-order valence-corrected chi connectivity index (χ1v) is 22.8. The van der Waals surface area contributed by atoms with E-state index < -0.39 is 5.41 Å². The van der Waals surface area contributed by atoms with Gasteiger partial charge in [-0.1, -0.05) is 182 Å². The van der Waals surface area contributed by atoms with Gasteiger partial charge in [-0.05, 0) is 99.6 Å². The normalized spacial score (nSPS) is 12.8. The summed E-state index contributed by atoms with van der Waals surface area (Å²) in [6.07, 6.45) is 0. The van der Waals surface area contributed by atoms with Crippen molar-refractivity contribution in [1.29, 1.82) is 0 Å². The lowest BCUT2D eigenvalue weighted by atomic mass is 9.67. The molecule has 2 aromatic heterocycles. The smallest absolute Gasteiger partial charge is 0.0714 e. The molecule has 0 radical (unpaired) electrons. The maximum absolute atomic E-state index is 2.53. The van der Waals surface area contributed by atoms with Crippen LogP contribution in [-0.2, 0) is 5.41 Å². The molecule has 0 atom stereocenters. The molecule has 1 aliphatic carbocycles. The molecule has 0 unspecified atom stereocenters. The third kappa shape index (κ3) is 5.38. The molecular weight excluding hydrogens is 793 g/mol.